The van der Waals surface area contributed by atoms with Gasteiger partial charge >= 0.3 is 5.97 Å². The van der Waals surface area contributed by atoms with E-state index in [0.29, 0.717) is 11.3 Å². The van der Waals surface area contributed by atoms with Crippen molar-refractivity contribution in [2.75, 3.05) is 5.32 Å². The number of benzene rings is 2. The lowest BCUT2D eigenvalue weighted by Gasteiger charge is -2.14. The third-order valence-corrected chi connectivity index (χ3v) is 3.59. The van der Waals surface area contributed by atoms with Crippen molar-refractivity contribution in [1.82, 2.24) is 4.98 Å². The number of carbonyl (C=O) groups is 2. The van der Waals surface area contributed by atoms with Crippen LogP contribution in [0.2, 0.25) is 0 Å². The average Bonchev–Trinajstić information content (AvgIpc) is 2.62. The van der Waals surface area contributed by atoms with Gasteiger partial charge in [0.1, 0.15) is 0 Å². The van der Waals surface area contributed by atoms with Crippen LogP contribution in [0, 0.1) is 0 Å². The molecule has 24 heavy (non-hydrogen) atoms. The number of amides is 1. The van der Waals surface area contributed by atoms with Crippen molar-refractivity contribution in [1.29, 1.82) is 0 Å². The largest absolute Gasteiger partial charge is 0.449 e. The maximum atomic E-state index is 12.2. The molecule has 0 radical (unpaired) electrons. The minimum absolute atomic E-state index is 0.357. The van der Waals surface area contributed by atoms with Crippen LogP contribution in [0.3, 0.4) is 0 Å². The maximum Gasteiger partial charge on any atom is 0.339 e. The third-order valence-electron chi connectivity index (χ3n) is 3.59. The van der Waals surface area contributed by atoms with Crippen molar-refractivity contribution in [2.24, 2.45) is 0 Å². The number of anilines is 1. The molecule has 0 saturated heterocycles. The number of nitrogens with zero attached hydrogens (tertiary/aromatic N) is 1. The lowest BCUT2D eigenvalue weighted by Crippen LogP contribution is -2.30. The van der Waals surface area contributed by atoms with Gasteiger partial charge in [0, 0.05) is 18.1 Å². The van der Waals surface area contributed by atoms with Gasteiger partial charge in [-0.2, -0.15) is 0 Å². The van der Waals surface area contributed by atoms with Crippen molar-refractivity contribution in [3.8, 4) is 0 Å². The first-order valence-electron chi connectivity index (χ1n) is 7.54. The Bertz CT molecular complexity index is 878. The highest BCUT2D eigenvalue weighted by atomic mass is 16.5. The van der Waals surface area contributed by atoms with Gasteiger partial charge in [-0.05, 0) is 42.0 Å². The van der Waals surface area contributed by atoms with Crippen molar-refractivity contribution < 1.29 is 14.3 Å². The van der Waals surface area contributed by atoms with Crippen molar-refractivity contribution in [3.63, 3.8) is 0 Å². The van der Waals surface area contributed by atoms with Gasteiger partial charge in [0.15, 0.2) is 6.10 Å². The minimum atomic E-state index is -0.905. The summed E-state index contributed by atoms with van der Waals surface area (Å²) in [5.74, 6) is -0.939. The summed E-state index contributed by atoms with van der Waals surface area (Å²) in [5, 5.41) is 4.88. The van der Waals surface area contributed by atoms with Gasteiger partial charge in [0.2, 0.25) is 0 Å². The molecule has 0 aliphatic rings. The molecule has 120 valence electrons. The lowest BCUT2D eigenvalue weighted by atomic mass is 10.1. The zero-order chi connectivity index (χ0) is 16.9. The first-order chi connectivity index (χ1) is 11.6. The highest BCUT2D eigenvalue weighted by Crippen LogP contribution is 2.19. The molecule has 1 heterocycles. The number of pyridine rings is 1. The van der Waals surface area contributed by atoms with Gasteiger partial charge in [0.05, 0.1) is 5.56 Å². The molecule has 0 fully saturated rings. The molecule has 1 atom stereocenters. The van der Waals surface area contributed by atoms with Crippen molar-refractivity contribution >= 4 is 28.3 Å². The molecular formula is C19H16N2O3. The van der Waals surface area contributed by atoms with Gasteiger partial charge in [0.25, 0.3) is 5.91 Å². The van der Waals surface area contributed by atoms with Gasteiger partial charge in [-0.1, -0.05) is 30.3 Å². The summed E-state index contributed by atoms with van der Waals surface area (Å²) >= 11 is 0. The number of carbonyl (C=O) groups excluding carboxylic acids is 2. The standard InChI is InChI=1S/C19H16N2O3/c1-13(24-19(23)15-8-10-20-11-9-15)18(22)21-17-7-6-14-4-2-3-5-16(14)12-17/h2-13H,1H3,(H,21,22)/t13-/m1/s1. The molecule has 0 aliphatic carbocycles. The van der Waals surface area contributed by atoms with E-state index >= 15 is 0 Å². The molecule has 5 heteroatoms. The van der Waals surface area contributed by atoms with Crippen LogP contribution in [0.25, 0.3) is 10.8 Å². The molecule has 0 unspecified atom stereocenters. The average molecular weight is 320 g/mol. The Morgan fingerprint density at radius 1 is 1.00 bits per heavy atom. The van der Waals surface area contributed by atoms with Gasteiger partial charge in [-0.25, -0.2) is 4.79 Å². The van der Waals surface area contributed by atoms with Crippen LogP contribution in [0.15, 0.2) is 67.0 Å². The molecule has 2 aromatic carbocycles. The predicted octanol–water partition coefficient (Wildman–Crippen LogP) is 3.42. The highest BCUT2D eigenvalue weighted by Gasteiger charge is 2.19. The SMILES string of the molecule is C[C@@H](OC(=O)c1ccncc1)C(=O)Nc1ccc2ccccc2c1. The Morgan fingerprint density at radius 2 is 1.71 bits per heavy atom. The minimum Gasteiger partial charge on any atom is -0.449 e. The second-order valence-corrected chi connectivity index (χ2v) is 5.33. The summed E-state index contributed by atoms with van der Waals surface area (Å²) < 4.78 is 5.18. The summed E-state index contributed by atoms with van der Waals surface area (Å²) in [4.78, 5) is 28.0. The third kappa shape index (κ3) is 3.57. The molecule has 3 aromatic rings. The van der Waals surface area contributed by atoms with E-state index in [-0.39, 0.29) is 5.91 Å². The molecule has 0 bridgehead atoms. The van der Waals surface area contributed by atoms with Crippen LogP contribution in [0.5, 0.6) is 0 Å². The number of aromatic nitrogens is 1. The summed E-state index contributed by atoms with van der Waals surface area (Å²) in [5.41, 5.74) is 1.01. The van der Waals surface area contributed by atoms with Gasteiger partial charge < -0.3 is 10.1 Å². The number of ether oxygens (including phenoxy) is 1. The lowest BCUT2D eigenvalue weighted by molar-refractivity contribution is -0.123. The quantitative estimate of drug-likeness (QED) is 0.748. The summed E-state index contributed by atoms with van der Waals surface area (Å²) in [7, 11) is 0. The van der Waals surface area contributed by atoms with E-state index in [0.717, 1.165) is 10.8 Å². The van der Waals surface area contributed by atoms with E-state index in [1.807, 2.05) is 42.5 Å². The highest BCUT2D eigenvalue weighted by molar-refractivity contribution is 5.98. The molecule has 3 rings (SSSR count). The van der Waals surface area contributed by atoms with Crippen LogP contribution in [0.4, 0.5) is 5.69 Å². The van der Waals surface area contributed by atoms with E-state index in [1.165, 1.54) is 31.5 Å². The maximum absolute atomic E-state index is 12.2. The Balaban J connectivity index is 1.66. The van der Waals surface area contributed by atoms with Crippen molar-refractivity contribution in [3.05, 3.63) is 72.6 Å². The topological polar surface area (TPSA) is 68.3 Å². The van der Waals surface area contributed by atoms with E-state index in [1.54, 1.807) is 0 Å². The van der Waals surface area contributed by atoms with Crippen LogP contribution < -0.4 is 5.32 Å². The van der Waals surface area contributed by atoms with Crippen molar-refractivity contribution in [2.45, 2.75) is 13.0 Å². The van der Waals surface area contributed by atoms with E-state index in [9.17, 15) is 9.59 Å². The van der Waals surface area contributed by atoms with E-state index in [2.05, 4.69) is 10.3 Å². The molecule has 0 aliphatic heterocycles. The summed E-state index contributed by atoms with van der Waals surface area (Å²) in [6, 6.07) is 16.6. The number of rotatable bonds is 4. The molecule has 1 N–H and O–H groups in total. The molecule has 1 amide bonds. The Labute approximate surface area is 139 Å². The monoisotopic (exact) mass is 320 g/mol. The number of hydrogen-bond acceptors (Lipinski definition) is 4. The number of esters is 1. The fourth-order valence-electron chi connectivity index (χ4n) is 2.28. The van der Waals surface area contributed by atoms with Crippen LogP contribution >= 0.6 is 0 Å². The first kappa shape index (κ1) is 15.7. The van der Waals surface area contributed by atoms with E-state index in [4.69, 9.17) is 4.74 Å². The van der Waals surface area contributed by atoms with Crippen LogP contribution in [-0.4, -0.2) is 23.0 Å². The number of hydrogen-bond donors (Lipinski definition) is 1. The van der Waals surface area contributed by atoms with Crippen LogP contribution in [0.1, 0.15) is 17.3 Å². The molecular weight excluding hydrogens is 304 g/mol. The fourth-order valence-corrected chi connectivity index (χ4v) is 2.28. The van der Waals surface area contributed by atoms with Crippen LogP contribution in [-0.2, 0) is 9.53 Å². The summed E-state index contributed by atoms with van der Waals surface area (Å²) in [6.45, 7) is 1.54. The molecule has 1 aromatic heterocycles. The Hall–Kier alpha value is -3.21. The predicted molar refractivity (Wildman–Crippen MR) is 91.7 cm³/mol. The Kier molecular flexibility index (Phi) is 4.52. The molecule has 0 saturated carbocycles. The van der Waals surface area contributed by atoms with Gasteiger partial charge in [-0.15, -0.1) is 0 Å². The normalized spacial score (nSPS) is 11.7. The zero-order valence-corrected chi connectivity index (χ0v) is 13.1. The van der Waals surface area contributed by atoms with E-state index < -0.39 is 12.1 Å². The fraction of sp³-hybridized carbons (Fsp3) is 0.105. The second kappa shape index (κ2) is 6.91. The number of fused-ring (bicyclic) bond motifs is 1. The molecule has 5 nitrogen and oxygen atoms in total. The summed E-state index contributed by atoms with van der Waals surface area (Å²) in [6.07, 6.45) is 2.09. The smallest absolute Gasteiger partial charge is 0.339 e. The zero-order valence-electron chi connectivity index (χ0n) is 13.1. The van der Waals surface area contributed by atoms with Gasteiger partial charge in [-0.3, -0.25) is 9.78 Å². The number of nitrogens with one attached hydrogen (secondary N) is 1. The Morgan fingerprint density at radius 3 is 2.46 bits per heavy atom. The first-order valence-corrected chi connectivity index (χ1v) is 7.54. The second-order valence-electron chi connectivity index (χ2n) is 5.33. The molecule has 0 spiro atoms.